The van der Waals surface area contributed by atoms with Crippen molar-refractivity contribution in [1.29, 1.82) is 0 Å². The lowest BCUT2D eigenvalue weighted by molar-refractivity contribution is 0.340. The van der Waals surface area contributed by atoms with E-state index < -0.39 is 34.4 Å². The van der Waals surface area contributed by atoms with Gasteiger partial charge in [-0.2, -0.15) is 0 Å². The van der Waals surface area contributed by atoms with Crippen molar-refractivity contribution in [2.75, 3.05) is 19.0 Å². The molecule has 21 heavy (non-hydrogen) atoms. The normalized spacial score (nSPS) is 11.5. The molecule has 0 aliphatic rings. The van der Waals surface area contributed by atoms with E-state index >= 15 is 0 Å². The molecular weight excluding hydrogens is 308 g/mol. The number of halogens is 4. The topological polar surface area (TPSA) is 29.5 Å². The first-order valence-electron chi connectivity index (χ1n) is 6.32. The van der Waals surface area contributed by atoms with Gasteiger partial charge in [0.15, 0.2) is 17.5 Å². The van der Waals surface area contributed by atoms with E-state index in [1.165, 1.54) is 6.08 Å². The van der Waals surface area contributed by atoms with Gasteiger partial charge < -0.3 is 9.29 Å². The van der Waals surface area contributed by atoms with Gasteiger partial charge in [0.1, 0.15) is 5.82 Å². The van der Waals surface area contributed by atoms with E-state index in [0.29, 0.717) is 18.8 Å². The van der Waals surface area contributed by atoms with Crippen molar-refractivity contribution in [3.05, 3.63) is 46.5 Å². The predicted octanol–water partition coefficient (Wildman–Crippen LogP) is 3.70. The number of benzene rings is 1. The van der Waals surface area contributed by atoms with E-state index in [1.54, 1.807) is 6.08 Å². The Morgan fingerprint density at radius 2 is 1.76 bits per heavy atom. The van der Waals surface area contributed by atoms with Crippen LogP contribution in [0.15, 0.2) is 12.2 Å². The molecule has 118 valence electrons. The summed E-state index contributed by atoms with van der Waals surface area (Å²) in [7, 11) is 0. The summed E-state index contributed by atoms with van der Waals surface area (Å²) < 4.78 is 58.6. The van der Waals surface area contributed by atoms with Gasteiger partial charge in [-0.1, -0.05) is 12.2 Å². The van der Waals surface area contributed by atoms with Crippen LogP contribution in [0, 0.1) is 30.2 Å². The highest BCUT2D eigenvalue weighted by Gasteiger charge is 2.22. The number of hydrogen-bond acceptors (Lipinski definition) is 3. The Morgan fingerprint density at radius 1 is 1.05 bits per heavy atom. The van der Waals surface area contributed by atoms with Crippen LogP contribution in [0.25, 0.3) is 0 Å². The van der Waals surface area contributed by atoms with Crippen molar-refractivity contribution in [3.8, 4) is 0 Å². The van der Waals surface area contributed by atoms with Crippen molar-refractivity contribution >= 4 is 12.0 Å². The van der Waals surface area contributed by atoms with Crippen LogP contribution in [0.2, 0.25) is 0 Å². The van der Waals surface area contributed by atoms with Crippen LogP contribution in [0.3, 0.4) is 0 Å². The van der Waals surface area contributed by atoms with E-state index in [-0.39, 0.29) is 13.0 Å². The lowest BCUT2D eigenvalue weighted by Crippen LogP contribution is -2.06. The summed E-state index contributed by atoms with van der Waals surface area (Å²) in [5, 5.41) is 8.47. The fourth-order valence-electron chi connectivity index (χ4n) is 1.63. The third kappa shape index (κ3) is 5.01. The molecule has 7 heteroatoms. The average Bonchev–Trinajstić information content (AvgIpc) is 2.49. The second kappa shape index (κ2) is 9.07. The molecule has 0 spiro atoms. The molecule has 1 aromatic carbocycles. The number of rotatable bonds is 8. The van der Waals surface area contributed by atoms with Crippen LogP contribution >= 0.6 is 12.0 Å². The molecule has 1 aromatic rings. The number of aliphatic hydroxyl groups is 1. The van der Waals surface area contributed by atoms with E-state index in [2.05, 4.69) is 0 Å². The van der Waals surface area contributed by atoms with Crippen LogP contribution in [0.5, 0.6) is 0 Å². The average molecular weight is 324 g/mol. The van der Waals surface area contributed by atoms with Crippen LogP contribution < -0.4 is 0 Å². The first-order valence-corrected chi connectivity index (χ1v) is 7.23. The number of aliphatic hydroxyl groups excluding tert-OH is 1. The minimum atomic E-state index is -1.64. The zero-order valence-electron chi connectivity index (χ0n) is 11.5. The molecule has 0 heterocycles. The van der Waals surface area contributed by atoms with Gasteiger partial charge in [0.2, 0.25) is 0 Å². The highest BCUT2D eigenvalue weighted by Crippen LogP contribution is 2.24. The molecule has 0 radical (unpaired) electrons. The summed E-state index contributed by atoms with van der Waals surface area (Å²) in [5.41, 5.74) is -0.950. The molecule has 0 unspecified atom stereocenters. The first kappa shape index (κ1) is 18.0. The Morgan fingerprint density at radius 3 is 2.43 bits per heavy atom. The molecule has 0 aliphatic heterocycles. The molecule has 2 nitrogen and oxygen atoms in total. The van der Waals surface area contributed by atoms with Gasteiger partial charge in [0, 0.05) is 16.9 Å². The molecule has 0 aliphatic carbocycles. The van der Waals surface area contributed by atoms with Crippen LogP contribution in [0.4, 0.5) is 17.6 Å². The Labute approximate surface area is 125 Å². The van der Waals surface area contributed by atoms with Crippen molar-refractivity contribution in [1.82, 2.24) is 0 Å². The largest absolute Gasteiger partial charge is 0.392 e. The third-order valence-electron chi connectivity index (χ3n) is 2.75. The van der Waals surface area contributed by atoms with Crippen molar-refractivity contribution in [2.45, 2.75) is 19.8 Å². The van der Waals surface area contributed by atoms with Crippen molar-refractivity contribution < 1.29 is 26.9 Å². The monoisotopic (exact) mass is 324 g/mol. The van der Waals surface area contributed by atoms with Gasteiger partial charge in [-0.25, -0.2) is 17.6 Å². The van der Waals surface area contributed by atoms with E-state index in [4.69, 9.17) is 9.29 Å². The van der Waals surface area contributed by atoms with Gasteiger partial charge in [-0.05, 0) is 31.8 Å². The maximum atomic E-state index is 13.7. The second-order valence-corrected chi connectivity index (χ2v) is 5.10. The molecule has 0 aromatic heterocycles. The molecular formula is C14H16F4O2S. The first-order chi connectivity index (χ1) is 10.0. The molecule has 1 rings (SSSR count). The lowest BCUT2D eigenvalue weighted by Gasteiger charge is -2.09. The summed E-state index contributed by atoms with van der Waals surface area (Å²) >= 11 is 1.10. The quantitative estimate of drug-likeness (QED) is 0.197. The van der Waals surface area contributed by atoms with Gasteiger partial charge >= 0.3 is 0 Å². The molecule has 0 fully saturated rings. The molecule has 0 amide bonds. The lowest BCUT2D eigenvalue weighted by atomic mass is 10.0. The highest BCUT2D eigenvalue weighted by atomic mass is 32.2. The Hall–Kier alpha value is -1.05. The third-order valence-corrected chi connectivity index (χ3v) is 3.51. The number of hydrogen-bond donors (Lipinski definition) is 1. The molecule has 0 bridgehead atoms. The van der Waals surface area contributed by atoms with Crippen molar-refractivity contribution in [2.24, 2.45) is 0 Å². The summed E-state index contributed by atoms with van der Waals surface area (Å²) in [6.07, 6.45) is 3.46. The summed E-state index contributed by atoms with van der Waals surface area (Å²) in [6.45, 7) is 1.31. The molecule has 0 atom stereocenters. The minimum Gasteiger partial charge on any atom is -0.392 e. The van der Waals surface area contributed by atoms with Crippen LogP contribution in [0.1, 0.15) is 17.5 Å². The standard InChI is InChI=1S/C14H16F4O2S/c1-9-11(15)10(13(17)14(18)12(9)16)5-4-8-21-20-7-3-2-6-19/h2-3,19H,4-8H2,1H3/b3-2-. The summed E-state index contributed by atoms with van der Waals surface area (Å²) in [5.74, 6) is -5.18. The van der Waals surface area contributed by atoms with E-state index in [1.807, 2.05) is 0 Å². The predicted molar refractivity (Wildman–Crippen MR) is 74.0 cm³/mol. The van der Waals surface area contributed by atoms with Crippen LogP contribution in [-0.4, -0.2) is 24.1 Å². The second-order valence-electron chi connectivity index (χ2n) is 4.22. The molecule has 1 N–H and O–H groups in total. The van der Waals surface area contributed by atoms with E-state index in [9.17, 15) is 17.6 Å². The smallest absolute Gasteiger partial charge is 0.195 e. The highest BCUT2D eigenvalue weighted by molar-refractivity contribution is 7.94. The van der Waals surface area contributed by atoms with Gasteiger partial charge in [-0.15, -0.1) is 0 Å². The molecule has 0 saturated heterocycles. The van der Waals surface area contributed by atoms with Crippen LogP contribution in [-0.2, 0) is 10.6 Å². The fraction of sp³-hybridized carbons (Fsp3) is 0.429. The Kier molecular flexibility index (Phi) is 7.77. The van der Waals surface area contributed by atoms with Crippen molar-refractivity contribution in [3.63, 3.8) is 0 Å². The maximum Gasteiger partial charge on any atom is 0.195 e. The fourth-order valence-corrected chi connectivity index (χ4v) is 2.18. The van der Waals surface area contributed by atoms with Gasteiger partial charge in [0.05, 0.1) is 13.2 Å². The Bertz CT molecular complexity index is 477. The zero-order chi connectivity index (χ0) is 15.8. The SMILES string of the molecule is Cc1c(F)c(F)c(F)c(CCCSOC/C=C\CO)c1F. The minimum absolute atomic E-state index is 0.0431. The molecule has 0 saturated carbocycles. The zero-order valence-corrected chi connectivity index (χ0v) is 12.3. The summed E-state index contributed by atoms with van der Waals surface area (Å²) in [4.78, 5) is 0. The van der Waals surface area contributed by atoms with E-state index in [0.717, 1.165) is 19.0 Å². The summed E-state index contributed by atoms with van der Waals surface area (Å²) in [6, 6.07) is 0. The van der Waals surface area contributed by atoms with Gasteiger partial charge in [-0.3, -0.25) is 0 Å². The van der Waals surface area contributed by atoms with Gasteiger partial charge in [0.25, 0.3) is 0 Å². The maximum absolute atomic E-state index is 13.7. The Balaban J connectivity index is 2.48.